The topological polar surface area (TPSA) is 35.2 Å². The van der Waals surface area contributed by atoms with E-state index in [0.29, 0.717) is 6.61 Å². The Labute approximate surface area is 59.3 Å². The average Bonchev–Trinajstić information content (AvgIpc) is 1.89. The lowest BCUT2D eigenvalue weighted by atomic mass is 10.4. The highest BCUT2D eigenvalue weighted by atomic mass is 19.3. The van der Waals surface area contributed by atoms with Gasteiger partial charge >= 0.3 is 0 Å². The molecule has 0 heterocycles. The third-order valence-electron chi connectivity index (χ3n) is 0.960. The molecule has 0 aromatic rings. The van der Waals surface area contributed by atoms with E-state index >= 15 is 0 Å². The van der Waals surface area contributed by atoms with Crippen molar-refractivity contribution in [3.05, 3.63) is 0 Å². The van der Waals surface area contributed by atoms with E-state index in [-0.39, 0.29) is 0 Å². The van der Waals surface area contributed by atoms with Crippen LogP contribution in [0.2, 0.25) is 0 Å². The van der Waals surface area contributed by atoms with Gasteiger partial charge in [-0.15, -0.1) is 0 Å². The Kier molecular flexibility index (Phi) is 4.47. The molecule has 0 fully saturated rings. The summed E-state index contributed by atoms with van der Waals surface area (Å²) in [6.07, 6.45) is 0.751. The van der Waals surface area contributed by atoms with Gasteiger partial charge in [0.15, 0.2) is 0 Å². The molecule has 0 amide bonds. The summed E-state index contributed by atoms with van der Waals surface area (Å²) < 4.78 is 29.1. The molecular weight excluding hydrogens is 140 g/mol. The molecule has 0 spiro atoms. The average molecular weight is 153 g/mol. The van der Waals surface area contributed by atoms with E-state index in [0.717, 1.165) is 6.42 Å². The minimum atomic E-state index is -2.85. The van der Waals surface area contributed by atoms with Gasteiger partial charge in [-0.1, -0.05) is 6.92 Å². The Morgan fingerprint density at radius 1 is 1.50 bits per heavy atom. The van der Waals surface area contributed by atoms with Crippen molar-refractivity contribution in [1.82, 2.24) is 0 Å². The van der Waals surface area contributed by atoms with Crippen LogP contribution in [0.15, 0.2) is 0 Å². The molecule has 0 saturated carbocycles. The third kappa shape index (κ3) is 4.64. The zero-order valence-electron chi connectivity index (χ0n) is 6.07. The van der Waals surface area contributed by atoms with E-state index in [4.69, 9.17) is 5.73 Å². The van der Waals surface area contributed by atoms with Gasteiger partial charge < -0.3 is 10.5 Å². The Bertz CT molecular complexity index is 87.8. The van der Waals surface area contributed by atoms with Gasteiger partial charge in [-0.25, -0.2) is 8.78 Å². The summed E-state index contributed by atoms with van der Waals surface area (Å²) in [6, 6.07) is 0. The van der Waals surface area contributed by atoms with Crippen LogP contribution in [0.25, 0.3) is 0 Å². The van der Waals surface area contributed by atoms with Crippen LogP contribution in [0.3, 0.4) is 0 Å². The summed E-state index contributed by atoms with van der Waals surface area (Å²) in [5, 5.41) is 0. The van der Waals surface area contributed by atoms with Crippen LogP contribution >= 0.6 is 0 Å². The smallest absolute Gasteiger partial charge is 0.282 e. The Balaban J connectivity index is 3.28. The Hall–Kier alpha value is -0.220. The van der Waals surface area contributed by atoms with Gasteiger partial charge in [0, 0.05) is 6.61 Å². The molecule has 0 aliphatic carbocycles. The van der Waals surface area contributed by atoms with Crippen LogP contribution < -0.4 is 5.73 Å². The lowest BCUT2D eigenvalue weighted by Crippen LogP contribution is -2.33. The molecule has 4 heteroatoms. The number of nitrogens with two attached hydrogens (primary N) is 1. The van der Waals surface area contributed by atoms with Gasteiger partial charge in [0.2, 0.25) is 0 Å². The number of hydrogen-bond acceptors (Lipinski definition) is 2. The Morgan fingerprint density at radius 3 is 2.50 bits per heavy atom. The van der Waals surface area contributed by atoms with Crippen LogP contribution in [0, 0.1) is 0 Å². The maximum atomic E-state index is 12.2. The van der Waals surface area contributed by atoms with Crippen molar-refractivity contribution < 1.29 is 13.5 Å². The first kappa shape index (κ1) is 9.78. The molecule has 62 valence electrons. The van der Waals surface area contributed by atoms with Crippen molar-refractivity contribution in [2.75, 3.05) is 19.8 Å². The molecule has 2 nitrogen and oxygen atoms in total. The standard InChI is InChI=1S/C6H13F2NO/c1-2-3-10-5-6(7,8)4-9/h2-5,9H2,1H3. The highest BCUT2D eigenvalue weighted by molar-refractivity contribution is 4.64. The van der Waals surface area contributed by atoms with Gasteiger partial charge in [0.25, 0.3) is 5.92 Å². The molecule has 0 bridgehead atoms. The fourth-order valence-corrected chi connectivity index (χ4v) is 0.425. The molecule has 0 aromatic heterocycles. The first-order valence-electron chi connectivity index (χ1n) is 3.28. The predicted molar refractivity (Wildman–Crippen MR) is 35.1 cm³/mol. The number of halogens is 2. The minimum Gasteiger partial charge on any atom is -0.375 e. The normalized spacial score (nSPS) is 12.0. The maximum Gasteiger partial charge on any atom is 0.282 e. The third-order valence-corrected chi connectivity index (χ3v) is 0.960. The van der Waals surface area contributed by atoms with Crippen LogP contribution in [-0.4, -0.2) is 25.7 Å². The monoisotopic (exact) mass is 153 g/mol. The van der Waals surface area contributed by atoms with Crippen LogP contribution in [0.1, 0.15) is 13.3 Å². The molecule has 0 aliphatic heterocycles. The fraction of sp³-hybridized carbons (Fsp3) is 1.00. The molecule has 0 rings (SSSR count). The zero-order valence-corrected chi connectivity index (χ0v) is 6.07. The highest BCUT2D eigenvalue weighted by Crippen LogP contribution is 2.10. The first-order valence-corrected chi connectivity index (χ1v) is 3.28. The van der Waals surface area contributed by atoms with E-state index in [1.165, 1.54) is 0 Å². The minimum absolute atomic E-state index is 0.371. The van der Waals surface area contributed by atoms with Crippen LogP contribution in [-0.2, 0) is 4.74 Å². The molecule has 0 saturated heterocycles. The van der Waals surface area contributed by atoms with E-state index in [1.807, 2.05) is 6.92 Å². The summed E-state index contributed by atoms with van der Waals surface area (Å²) in [4.78, 5) is 0. The summed E-state index contributed by atoms with van der Waals surface area (Å²) >= 11 is 0. The number of ether oxygens (including phenoxy) is 1. The quantitative estimate of drug-likeness (QED) is 0.598. The second-order valence-electron chi connectivity index (χ2n) is 2.11. The van der Waals surface area contributed by atoms with Gasteiger partial charge in [-0.05, 0) is 6.42 Å². The number of alkyl halides is 2. The van der Waals surface area contributed by atoms with Crippen molar-refractivity contribution in [3.8, 4) is 0 Å². The highest BCUT2D eigenvalue weighted by Gasteiger charge is 2.26. The van der Waals surface area contributed by atoms with Crippen molar-refractivity contribution in [2.24, 2.45) is 5.73 Å². The molecule has 0 aliphatic rings. The van der Waals surface area contributed by atoms with Gasteiger partial charge in [-0.2, -0.15) is 0 Å². The van der Waals surface area contributed by atoms with Crippen molar-refractivity contribution >= 4 is 0 Å². The van der Waals surface area contributed by atoms with E-state index in [9.17, 15) is 8.78 Å². The van der Waals surface area contributed by atoms with E-state index < -0.39 is 19.1 Å². The largest absolute Gasteiger partial charge is 0.375 e. The molecule has 0 atom stereocenters. The van der Waals surface area contributed by atoms with Gasteiger partial charge in [0.05, 0.1) is 6.54 Å². The molecular formula is C6H13F2NO. The molecule has 0 unspecified atom stereocenters. The second kappa shape index (κ2) is 4.57. The second-order valence-corrected chi connectivity index (χ2v) is 2.11. The van der Waals surface area contributed by atoms with Gasteiger partial charge in [-0.3, -0.25) is 0 Å². The van der Waals surface area contributed by atoms with Crippen molar-refractivity contribution in [1.29, 1.82) is 0 Å². The molecule has 2 N–H and O–H groups in total. The lowest BCUT2D eigenvalue weighted by Gasteiger charge is -2.12. The summed E-state index contributed by atoms with van der Waals surface area (Å²) in [5.41, 5.74) is 4.76. The molecule has 10 heavy (non-hydrogen) atoms. The van der Waals surface area contributed by atoms with E-state index in [2.05, 4.69) is 4.74 Å². The van der Waals surface area contributed by atoms with Gasteiger partial charge in [0.1, 0.15) is 6.61 Å². The fourth-order valence-electron chi connectivity index (χ4n) is 0.425. The Morgan fingerprint density at radius 2 is 2.10 bits per heavy atom. The first-order chi connectivity index (χ1) is 4.62. The SMILES string of the molecule is CCCOCC(F)(F)CN. The van der Waals surface area contributed by atoms with Crippen LogP contribution in [0.4, 0.5) is 8.78 Å². The van der Waals surface area contributed by atoms with E-state index in [1.54, 1.807) is 0 Å². The predicted octanol–water partition coefficient (Wildman–Crippen LogP) is 1.01. The lowest BCUT2D eigenvalue weighted by molar-refractivity contribution is -0.0690. The zero-order chi connectivity index (χ0) is 8.04. The molecule has 0 aromatic carbocycles. The molecule has 0 radical (unpaired) electrons. The summed E-state index contributed by atoms with van der Waals surface area (Å²) in [6.45, 7) is 1.03. The maximum absolute atomic E-state index is 12.2. The van der Waals surface area contributed by atoms with Crippen molar-refractivity contribution in [3.63, 3.8) is 0 Å². The summed E-state index contributed by atoms with van der Waals surface area (Å²) in [5.74, 6) is -2.85. The van der Waals surface area contributed by atoms with Crippen molar-refractivity contribution in [2.45, 2.75) is 19.3 Å². The summed E-state index contributed by atoms with van der Waals surface area (Å²) in [7, 11) is 0. The van der Waals surface area contributed by atoms with Crippen LogP contribution in [0.5, 0.6) is 0 Å². The number of rotatable bonds is 5. The number of hydrogen-bond donors (Lipinski definition) is 1.